The Kier molecular flexibility index (Phi) is 13.1. The summed E-state index contributed by atoms with van der Waals surface area (Å²) in [5.41, 5.74) is 1.23. The molecule has 0 radical (unpaired) electrons. The van der Waals surface area contributed by atoms with Crippen LogP contribution in [0, 0.1) is 5.92 Å². The molecule has 1 heterocycles. The lowest BCUT2D eigenvalue weighted by Crippen LogP contribution is -2.38. The van der Waals surface area contributed by atoms with Crippen molar-refractivity contribution in [2.45, 2.75) is 40.5 Å². The lowest BCUT2D eigenvalue weighted by atomic mass is 10.1. The molecule has 1 aliphatic heterocycles. The molecule has 1 aromatic rings. The summed E-state index contributed by atoms with van der Waals surface area (Å²) >= 11 is 0. The van der Waals surface area contributed by atoms with Crippen LogP contribution in [0.2, 0.25) is 0 Å². The van der Waals surface area contributed by atoms with E-state index in [0.717, 1.165) is 50.1 Å². The first kappa shape index (κ1) is 25.8. The Hall–Kier alpha value is -1.22. The highest BCUT2D eigenvalue weighted by molar-refractivity contribution is 14.0. The van der Waals surface area contributed by atoms with Crippen molar-refractivity contribution in [3.63, 3.8) is 0 Å². The summed E-state index contributed by atoms with van der Waals surface area (Å²) in [7, 11) is 0. The average Bonchev–Trinajstić information content (AvgIpc) is 3.16. The van der Waals surface area contributed by atoms with E-state index in [1.165, 1.54) is 25.1 Å². The molecule has 0 bridgehead atoms. The normalized spacial score (nSPS) is 17.0. The minimum absolute atomic E-state index is 0. The summed E-state index contributed by atoms with van der Waals surface area (Å²) in [6.07, 6.45) is 2.16. The smallest absolute Gasteiger partial charge is 0.191 e. The Bertz CT molecular complexity index is 612. The first-order chi connectivity index (χ1) is 13.7. The Morgan fingerprint density at radius 2 is 1.86 bits per heavy atom. The van der Waals surface area contributed by atoms with Crippen LogP contribution in [0.15, 0.2) is 23.2 Å². The number of benzene rings is 1. The molecule has 1 aliphatic rings. The van der Waals surface area contributed by atoms with Gasteiger partial charge in [0.05, 0.1) is 13.2 Å². The monoisotopic (exact) mass is 518 g/mol. The SMILES string of the molecule is CCNC(=NCC1CCN(CC)C1)NCCc1ccc(OCC)c(OCC)c1.I. The second-order valence-corrected chi connectivity index (χ2v) is 7.09. The van der Waals surface area contributed by atoms with Crippen LogP contribution in [0.1, 0.15) is 39.7 Å². The number of nitrogens with one attached hydrogen (secondary N) is 2. The van der Waals surface area contributed by atoms with Gasteiger partial charge in [-0.25, -0.2) is 0 Å². The largest absolute Gasteiger partial charge is 0.490 e. The number of rotatable bonds is 11. The van der Waals surface area contributed by atoms with E-state index in [1.807, 2.05) is 19.9 Å². The second-order valence-electron chi connectivity index (χ2n) is 7.09. The molecule has 1 atom stereocenters. The van der Waals surface area contributed by atoms with Crippen LogP contribution in [0.5, 0.6) is 11.5 Å². The fourth-order valence-electron chi connectivity index (χ4n) is 3.49. The molecule has 0 aromatic heterocycles. The van der Waals surface area contributed by atoms with Gasteiger partial charge in [-0.2, -0.15) is 0 Å². The van der Waals surface area contributed by atoms with E-state index in [-0.39, 0.29) is 24.0 Å². The standard InChI is InChI=1S/C22H38N4O2.HI/c1-5-23-22(25-16-19-12-14-26(6-2)17-19)24-13-11-18-9-10-20(27-7-3)21(15-18)28-8-4;/h9-10,15,19H,5-8,11-14,16-17H2,1-4H3,(H2,23,24,25);1H. The minimum atomic E-state index is 0. The number of ether oxygens (including phenoxy) is 2. The molecule has 0 aliphatic carbocycles. The molecule has 29 heavy (non-hydrogen) atoms. The zero-order valence-corrected chi connectivity index (χ0v) is 20.8. The van der Waals surface area contributed by atoms with Gasteiger partial charge in [0.15, 0.2) is 17.5 Å². The highest BCUT2D eigenvalue weighted by atomic mass is 127. The average molecular weight is 518 g/mol. The number of aliphatic imine (C=N–C) groups is 1. The van der Waals surface area contributed by atoms with Gasteiger partial charge in [-0.15, -0.1) is 24.0 Å². The molecule has 2 rings (SSSR count). The van der Waals surface area contributed by atoms with Gasteiger partial charge in [-0.1, -0.05) is 13.0 Å². The molecular formula is C22H39IN4O2. The summed E-state index contributed by atoms with van der Waals surface area (Å²) in [6.45, 7) is 15.7. The predicted molar refractivity (Wildman–Crippen MR) is 132 cm³/mol. The van der Waals surface area contributed by atoms with Crippen LogP contribution in [-0.2, 0) is 6.42 Å². The zero-order valence-electron chi connectivity index (χ0n) is 18.5. The third kappa shape index (κ3) is 8.99. The van der Waals surface area contributed by atoms with E-state index >= 15 is 0 Å². The minimum Gasteiger partial charge on any atom is -0.490 e. The molecule has 166 valence electrons. The number of nitrogens with zero attached hydrogens (tertiary/aromatic N) is 2. The van der Waals surface area contributed by atoms with Crippen molar-refractivity contribution in [3.05, 3.63) is 23.8 Å². The Morgan fingerprint density at radius 1 is 1.10 bits per heavy atom. The van der Waals surface area contributed by atoms with Gasteiger partial charge in [0.2, 0.25) is 0 Å². The van der Waals surface area contributed by atoms with Crippen molar-refractivity contribution >= 4 is 29.9 Å². The molecule has 1 saturated heterocycles. The van der Waals surface area contributed by atoms with Crippen molar-refractivity contribution < 1.29 is 9.47 Å². The Morgan fingerprint density at radius 3 is 2.52 bits per heavy atom. The van der Waals surface area contributed by atoms with Crippen LogP contribution < -0.4 is 20.1 Å². The molecule has 1 aromatic carbocycles. The van der Waals surface area contributed by atoms with E-state index < -0.39 is 0 Å². The quantitative estimate of drug-likeness (QED) is 0.267. The topological polar surface area (TPSA) is 58.1 Å². The first-order valence-corrected chi connectivity index (χ1v) is 10.8. The molecule has 0 saturated carbocycles. The highest BCUT2D eigenvalue weighted by Crippen LogP contribution is 2.28. The van der Waals surface area contributed by atoms with E-state index in [0.29, 0.717) is 19.1 Å². The summed E-state index contributed by atoms with van der Waals surface area (Å²) in [6, 6.07) is 6.19. The van der Waals surface area contributed by atoms with Crippen LogP contribution in [-0.4, -0.2) is 63.3 Å². The van der Waals surface area contributed by atoms with Gasteiger partial charge in [-0.3, -0.25) is 4.99 Å². The summed E-state index contributed by atoms with van der Waals surface area (Å²) in [4.78, 5) is 7.31. The summed E-state index contributed by atoms with van der Waals surface area (Å²) < 4.78 is 11.4. The van der Waals surface area contributed by atoms with Crippen molar-refractivity contribution in [1.82, 2.24) is 15.5 Å². The first-order valence-electron chi connectivity index (χ1n) is 10.8. The lowest BCUT2D eigenvalue weighted by molar-refractivity contribution is 0.287. The van der Waals surface area contributed by atoms with Gasteiger partial charge in [0.1, 0.15) is 0 Å². The van der Waals surface area contributed by atoms with Crippen LogP contribution in [0.25, 0.3) is 0 Å². The maximum absolute atomic E-state index is 5.72. The predicted octanol–water partition coefficient (Wildman–Crippen LogP) is 3.54. The molecule has 1 fully saturated rings. The van der Waals surface area contributed by atoms with Gasteiger partial charge in [0.25, 0.3) is 0 Å². The molecular weight excluding hydrogens is 479 g/mol. The van der Waals surface area contributed by atoms with Crippen LogP contribution in [0.3, 0.4) is 0 Å². The highest BCUT2D eigenvalue weighted by Gasteiger charge is 2.20. The third-order valence-electron chi connectivity index (χ3n) is 4.98. The molecule has 7 heteroatoms. The van der Waals surface area contributed by atoms with Gasteiger partial charge in [-0.05, 0) is 70.3 Å². The van der Waals surface area contributed by atoms with Crippen LogP contribution >= 0.6 is 24.0 Å². The van der Waals surface area contributed by atoms with E-state index in [9.17, 15) is 0 Å². The number of halogens is 1. The number of hydrogen-bond donors (Lipinski definition) is 2. The maximum Gasteiger partial charge on any atom is 0.191 e. The molecule has 1 unspecified atom stereocenters. The third-order valence-corrected chi connectivity index (χ3v) is 4.98. The van der Waals surface area contributed by atoms with Gasteiger partial charge in [0, 0.05) is 26.2 Å². The summed E-state index contributed by atoms with van der Waals surface area (Å²) in [5.74, 6) is 3.22. The van der Waals surface area contributed by atoms with Gasteiger partial charge >= 0.3 is 0 Å². The molecule has 6 nitrogen and oxygen atoms in total. The van der Waals surface area contributed by atoms with E-state index in [2.05, 4.69) is 41.5 Å². The van der Waals surface area contributed by atoms with Crippen molar-refractivity contribution in [3.8, 4) is 11.5 Å². The van der Waals surface area contributed by atoms with E-state index in [4.69, 9.17) is 14.5 Å². The van der Waals surface area contributed by atoms with Crippen molar-refractivity contribution in [2.24, 2.45) is 10.9 Å². The van der Waals surface area contributed by atoms with Crippen molar-refractivity contribution in [2.75, 3.05) is 52.5 Å². The molecule has 2 N–H and O–H groups in total. The molecule has 0 amide bonds. The molecule has 0 spiro atoms. The second kappa shape index (κ2) is 14.7. The Balaban J connectivity index is 0.00000420. The van der Waals surface area contributed by atoms with Crippen LogP contribution in [0.4, 0.5) is 0 Å². The lowest BCUT2D eigenvalue weighted by Gasteiger charge is -2.15. The van der Waals surface area contributed by atoms with E-state index in [1.54, 1.807) is 0 Å². The fourth-order valence-corrected chi connectivity index (χ4v) is 3.49. The summed E-state index contributed by atoms with van der Waals surface area (Å²) in [5, 5.41) is 6.82. The zero-order chi connectivity index (χ0) is 20.2. The van der Waals surface area contributed by atoms with Gasteiger partial charge < -0.3 is 25.0 Å². The number of guanidine groups is 1. The van der Waals surface area contributed by atoms with Crippen molar-refractivity contribution in [1.29, 1.82) is 0 Å². The maximum atomic E-state index is 5.72. The number of hydrogen-bond acceptors (Lipinski definition) is 4. The number of likely N-dealkylation sites (tertiary alicyclic amines) is 1. The fraction of sp³-hybridized carbons (Fsp3) is 0.682. The Labute approximate surface area is 193 Å².